The zero-order chi connectivity index (χ0) is 17.9. The summed E-state index contributed by atoms with van der Waals surface area (Å²) in [7, 11) is 0. The third-order valence-corrected chi connectivity index (χ3v) is 4.35. The molecular formula is C19H27NO4. The van der Waals surface area contributed by atoms with Crippen LogP contribution in [0.4, 0.5) is 5.69 Å². The number of rotatable bonds is 12. The first-order valence-corrected chi connectivity index (χ1v) is 8.78. The summed E-state index contributed by atoms with van der Waals surface area (Å²) in [4.78, 5) is 34.3. The molecule has 0 fully saturated rings. The van der Waals surface area contributed by atoms with Crippen LogP contribution in [0.5, 0.6) is 0 Å². The molecule has 0 saturated heterocycles. The number of carbonyl (C=O) groups excluding carboxylic acids is 2. The van der Waals surface area contributed by atoms with E-state index in [4.69, 9.17) is 0 Å². The van der Waals surface area contributed by atoms with Crippen molar-refractivity contribution in [1.29, 1.82) is 0 Å². The van der Waals surface area contributed by atoms with Crippen LogP contribution in [0, 0.1) is 16.0 Å². The van der Waals surface area contributed by atoms with Gasteiger partial charge in [-0.3, -0.25) is 19.7 Å². The van der Waals surface area contributed by atoms with Gasteiger partial charge >= 0.3 is 0 Å². The number of ketones is 2. The average Bonchev–Trinajstić information content (AvgIpc) is 2.60. The van der Waals surface area contributed by atoms with Crippen LogP contribution in [-0.4, -0.2) is 16.5 Å². The van der Waals surface area contributed by atoms with E-state index in [-0.39, 0.29) is 22.2 Å². The first-order chi connectivity index (χ1) is 11.5. The molecule has 0 bridgehead atoms. The SMILES string of the molecule is CCC(=O)C(CCCCCCc1ccccc1[N+](=O)[O-])C(=O)CC. The number of nitrogens with zero attached hydrogens (tertiary/aromatic N) is 1. The molecule has 0 atom stereocenters. The highest BCUT2D eigenvalue weighted by molar-refractivity contribution is 6.02. The first kappa shape index (κ1) is 20.0. The average molecular weight is 333 g/mol. The van der Waals surface area contributed by atoms with Crippen molar-refractivity contribution >= 4 is 17.3 Å². The van der Waals surface area contributed by atoms with E-state index in [0.717, 1.165) is 31.2 Å². The van der Waals surface area contributed by atoms with E-state index >= 15 is 0 Å². The fourth-order valence-electron chi connectivity index (χ4n) is 2.91. The Kier molecular flexibility index (Phi) is 8.90. The van der Waals surface area contributed by atoms with E-state index in [1.54, 1.807) is 26.0 Å². The smallest absolute Gasteiger partial charge is 0.272 e. The van der Waals surface area contributed by atoms with Crippen molar-refractivity contribution < 1.29 is 14.5 Å². The van der Waals surface area contributed by atoms with Gasteiger partial charge < -0.3 is 0 Å². The van der Waals surface area contributed by atoms with Gasteiger partial charge in [-0.05, 0) is 19.3 Å². The van der Waals surface area contributed by atoms with Gasteiger partial charge in [-0.15, -0.1) is 0 Å². The van der Waals surface area contributed by atoms with Gasteiger partial charge in [0.05, 0.1) is 10.8 Å². The van der Waals surface area contributed by atoms with Crippen LogP contribution in [0.2, 0.25) is 0 Å². The Balaban J connectivity index is 2.35. The Labute approximate surface area is 143 Å². The molecule has 24 heavy (non-hydrogen) atoms. The maximum Gasteiger partial charge on any atom is 0.272 e. The third-order valence-electron chi connectivity index (χ3n) is 4.35. The van der Waals surface area contributed by atoms with Crippen molar-refractivity contribution in [2.75, 3.05) is 0 Å². The second-order valence-corrected chi connectivity index (χ2v) is 6.03. The van der Waals surface area contributed by atoms with E-state index in [9.17, 15) is 19.7 Å². The molecule has 0 amide bonds. The summed E-state index contributed by atoms with van der Waals surface area (Å²) in [6.45, 7) is 3.59. The Hall–Kier alpha value is -2.04. The van der Waals surface area contributed by atoms with Gasteiger partial charge in [-0.1, -0.05) is 51.3 Å². The summed E-state index contributed by atoms with van der Waals surface area (Å²) in [6.07, 6.45) is 5.73. The standard InChI is InChI=1S/C19H27NO4/c1-3-18(21)16(19(22)4-2)13-8-6-5-7-11-15-12-9-10-14-17(15)20(23)24/h9-10,12,14,16H,3-8,11,13H2,1-2H3. The summed E-state index contributed by atoms with van der Waals surface area (Å²) < 4.78 is 0. The molecule has 0 aliphatic carbocycles. The van der Waals surface area contributed by atoms with Crippen LogP contribution in [-0.2, 0) is 16.0 Å². The summed E-state index contributed by atoms with van der Waals surface area (Å²) in [5, 5.41) is 11.0. The van der Waals surface area contributed by atoms with Crippen LogP contribution >= 0.6 is 0 Å². The number of nitro groups is 1. The molecule has 1 rings (SSSR count). The van der Waals surface area contributed by atoms with Crippen molar-refractivity contribution in [2.45, 2.75) is 65.2 Å². The first-order valence-electron chi connectivity index (χ1n) is 8.78. The molecule has 1 aromatic rings. The normalized spacial score (nSPS) is 10.8. The lowest BCUT2D eigenvalue weighted by atomic mass is 9.90. The van der Waals surface area contributed by atoms with Crippen LogP contribution in [0.1, 0.15) is 64.4 Å². The molecule has 0 saturated carbocycles. The molecule has 0 spiro atoms. The van der Waals surface area contributed by atoms with Gasteiger partial charge in [0.15, 0.2) is 0 Å². The zero-order valence-electron chi connectivity index (χ0n) is 14.6. The lowest BCUT2D eigenvalue weighted by Crippen LogP contribution is -2.22. The van der Waals surface area contributed by atoms with Gasteiger partial charge in [0, 0.05) is 24.5 Å². The lowest BCUT2D eigenvalue weighted by molar-refractivity contribution is -0.385. The van der Waals surface area contributed by atoms with E-state index in [1.165, 1.54) is 6.07 Å². The van der Waals surface area contributed by atoms with Gasteiger partial charge in [-0.2, -0.15) is 0 Å². The minimum atomic E-state index is -0.435. The van der Waals surface area contributed by atoms with Crippen LogP contribution in [0.3, 0.4) is 0 Å². The number of nitro benzene ring substituents is 1. The molecule has 0 heterocycles. The maximum absolute atomic E-state index is 11.8. The number of para-hydroxylation sites is 1. The van der Waals surface area contributed by atoms with E-state index in [0.29, 0.717) is 25.7 Å². The molecule has 0 aliphatic rings. The summed E-state index contributed by atoms with van der Waals surface area (Å²) >= 11 is 0. The number of Topliss-reactive ketones (excluding diaryl/α,β-unsaturated/α-hetero) is 2. The van der Waals surface area contributed by atoms with E-state index in [1.807, 2.05) is 6.07 Å². The molecular weight excluding hydrogens is 306 g/mol. The number of unbranched alkanes of at least 4 members (excludes halogenated alkanes) is 3. The highest BCUT2D eigenvalue weighted by Gasteiger charge is 2.22. The number of carbonyl (C=O) groups is 2. The van der Waals surface area contributed by atoms with Crippen molar-refractivity contribution in [3.63, 3.8) is 0 Å². The highest BCUT2D eigenvalue weighted by atomic mass is 16.6. The Bertz CT molecular complexity index is 552. The van der Waals surface area contributed by atoms with Gasteiger partial charge in [0.2, 0.25) is 0 Å². The molecule has 132 valence electrons. The third kappa shape index (κ3) is 6.22. The lowest BCUT2D eigenvalue weighted by Gasteiger charge is -2.12. The van der Waals surface area contributed by atoms with Crippen LogP contribution in [0.15, 0.2) is 24.3 Å². The number of hydrogen-bond acceptors (Lipinski definition) is 4. The molecule has 5 heteroatoms. The largest absolute Gasteiger partial charge is 0.299 e. The quantitative estimate of drug-likeness (QED) is 0.241. The van der Waals surface area contributed by atoms with Crippen molar-refractivity contribution in [3.8, 4) is 0 Å². The molecule has 0 aliphatic heterocycles. The minimum Gasteiger partial charge on any atom is -0.299 e. The molecule has 1 aromatic carbocycles. The monoisotopic (exact) mass is 333 g/mol. The maximum atomic E-state index is 11.8. The van der Waals surface area contributed by atoms with Gasteiger partial charge in [0.25, 0.3) is 5.69 Å². The minimum absolute atomic E-state index is 0.0433. The van der Waals surface area contributed by atoms with E-state index in [2.05, 4.69) is 0 Å². The van der Waals surface area contributed by atoms with Gasteiger partial charge in [-0.25, -0.2) is 0 Å². The predicted molar refractivity (Wildman–Crippen MR) is 94.0 cm³/mol. The van der Waals surface area contributed by atoms with Crippen molar-refractivity contribution in [1.82, 2.24) is 0 Å². The molecule has 0 N–H and O–H groups in total. The van der Waals surface area contributed by atoms with E-state index < -0.39 is 5.92 Å². The number of hydrogen-bond donors (Lipinski definition) is 0. The number of aryl methyl sites for hydroxylation is 1. The zero-order valence-corrected chi connectivity index (χ0v) is 14.6. The molecule has 0 radical (unpaired) electrons. The fourth-order valence-corrected chi connectivity index (χ4v) is 2.91. The second kappa shape index (κ2) is 10.7. The second-order valence-electron chi connectivity index (χ2n) is 6.03. The summed E-state index contributed by atoms with van der Waals surface area (Å²) in [5.74, 6) is -0.348. The van der Waals surface area contributed by atoms with Crippen LogP contribution in [0.25, 0.3) is 0 Å². The molecule has 0 aromatic heterocycles. The Morgan fingerprint density at radius 3 is 2.17 bits per heavy atom. The summed E-state index contributed by atoms with van der Waals surface area (Å²) in [6, 6.07) is 6.83. The Morgan fingerprint density at radius 2 is 1.58 bits per heavy atom. The van der Waals surface area contributed by atoms with Crippen molar-refractivity contribution in [3.05, 3.63) is 39.9 Å². The Morgan fingerprint density at radius 1 is 1.00 bits per heavy atom. The highest BCUT2D eigenvalue weighted by Crippen LogP contribution is 2.21. The molecule has 5 nitrogen and oxygen atoms in total. The predicted octanol–water partition coefficient (Wildman–Crippen LogP) is 4.66. The molecule has 0 unspecified atom stereocenters. The number of benzene rings is 1. The fraction of sp³-hybridized carbons (Fsp3) is 0.579. The topological polar surface area (TPSA) is 77.3 Å². The van der Waals surface area contributed by atoms with Crippen LogP contribution < -0.4 is 0 Å². The summed E-state index contributed by atoms with van der Waals surface area (Å²) in [5.41, 5.74) is 0.947. The van der Waals surface area contributed by atoms with Gasteiger partial charge in [0.1, 0.15) is 11.6 Å². The van der Waals surface area contributed by atoms with Crippen molar-refractivity contribution in [2.24, 2.45) is 5.92 Å².